The largest absolute Gasteiger partial charge is 0.459 e. The maximum atomic E-state index is 10.5. The maximum Gasteiger partial charge on any atom is 0.303 e. The van der Waals surface area contributed by atoms with Crippen LogP contribution in [-0.2, 0) is 16.1 Å². The molecule has 0 amide bonds. The quantitative estimate of drug-likeness (QED) is 0.685. The molecule has 0 bridgehead atoms. The Morgan fingerprint density at radius 3 is 2.92 bits per heavy atom. The van der Waals surface area contributed by atoms with Gasteiger partial charge in [-0.3, -0.25) is 9.78 Å². The van der Waals surface area contributed by atoms with E-state index in [1.54, 1.807) is 12.3 Å². The zero-order chi connectivity index (χ0) is 9.84. The first kappa shape index (κ1) is 9.99. The minimum absolute atomic E-state index is 0.176. The number of aromatic nitrogens is 1. The molecule has 0 radical (unpaired) electrons. The highest BCUT2D eigenvalue weighted by Crippen LogP contribution is 2.14. The third kappa shape index (κ3) is 3.03. The van der Waals surface area contributed by atoms with E-state index in [0.717, 1.165) is 5.56 Å². The normalized spacial score (nSPS) is 9.77. The van der Waals surface area contributed by atoms with E-state index < -0.39 is 0 Å². The van der Waals surface area contributed by atoms with E-state index in [0.29, 0.717) is 10.7 Å². The zero-order valence-electron chi connectivity index (χ0n) is 7.50. The SMILES string of the molecule is CC(=O)OCc1cc(Cl)c(C)cn1. The number of aryl methyl sites for hydroxylation is 1. The van der Waals surface area contributed by atoms with E-state index in [4.69, 9.17) is 16.3 Å². The van der Waals surface area contributed by atoms with Gasteiger partial charge >= 0.3 is 5.97 Å². The molecule has 3 nitrogen and oxygen atoms in total. The highest BCUT2D eigenvalue weighted by atomic mass is 35.5. The predicted octanol–water partition coefficient (Wildman–Crippen LogP) is 2.11. The molecule has 0 fully saturated rings. The van der Waals surface area contributed by atoms with Crippen molar-refractivity contribution >= 4 is 17.6 Å². The van der Waals surface area contributed by atoms with Crippen LogP contribution in [0, 0.1) is 6.92 Å². The lowest BCUT2D eigenvalue weighted by Gasteiger charge is -2.02. The minimum Gasteiger partial charge on any atom is -0.459 e. The van der Waals surface area contributed by atoms with E-state index in [9.17, 15) is 4.79 Å². The van der Waals surface area contributed by atoms with Gasteiger partial charge in [-0.05, 0) is 18.6 Å². The van der Waals surface area contributed by atoms with Gasteiger partial charge < -0.3 is 4.74 Å². The number of hydrogen-bond acceptors (Lipinski definition) is 3. The van der Waals surface area contributed by atoms with Gasteiger partial charge in [0.05, 0.1) is 5.69 Å². The van der Waals surface area contributed by atoms with Gasteiger partial charge in [0.2, 0.25) is 0 Å². The summed E-state index contributed by atoms with van der Waals surface area (Å²) in [5.74, 6) is -0.321. The Balaban J connectivity index is 2.68. The zero-order valence-corrected chi connectivity index (χ0v) is 8.26. The van der Waals surface area contributed by atoms with Crippen molar-refractivity contribution in [1.82, 2.24) is 4.98 Å². The second-order valence-electron chi connectivity index (χ2n) is 2.71. The number of pyridine rings is 1. The molecule has 0 aliphatic heterocycles. The molecular weight excluding hydrogens is 190 g/mol. The van der Waals surface area contributed by atoms with E-state index >= 15 is 0 Å². The van der Waals surface area contributed by atoms with Crippen LogP contribution in [-0.4, -0.2) is 11.0 Å². The van der Waals surface area contributed by atoms with Crippen molar-refractivity contribution in [2.75, 3.05) is 0 Å². The first-order valence-corrected chi connectivity index (χ1v) is 4.22. The summed E-state index contributed by atoms with van der Waals surface area (Å²) >= 11 is 5.85. The number of carbonyl (C=O) groups excluding carboxylic acids is 1. The number of carbonyl (C=O) groups is 1. The van der Waals surface area contributed by atoms with Crippen molar-refractivity contribution in [3.8, 4) is 0 Å². The van der Waals surface area contributed by atoms with Crippen molar-refractivity contribution in [1.29, 1.82) is 0 Å². The Morgan fingerprint density at radius 2 is 2.38 bits per heavy atom. The molecule has 13 heavy (non-hydrogen) atoms. The number of nitrogens with zero attached hydrogens (tertiary/aromatic N) is 1. The van der Waals surface area contributed by atoms with Crippen molar-refractivity contribution < 1.29 is 9.53 Å². The third-order valence-electron chi connectivity index (χ3n) is 1.52. The van der Waals surface area contributed by atoms with Crippen LogP contribution in [0.5, 0.6) is 0 Å². The van der Waals surface area contributed by atoms with Crippen LogP contribution >= 0.6 is 11.6 Å². The molecule has 0 aromatic carbocycles. The Kier molecular flexibility index (Phi) is 3.25. The van der Waals surface area contributed by atoms with Crippen molar-refractivity contribution in [3.05, 3.63) is 28.5 Å². The molecule has 0 aliphatic carbocycles. The predicted molar refractivity (Wildman–Crippen MR) is 49.5 cm³/mol. The third-order valence-corrected chi connectivity index (χ3v) is 1.92. The summed E-state index contributed by atoms with van der Waals surface area (Å²) in [7, 11) is 0. The molecule has 1 aromatic heterocycles. The minimum atomic E-state index is -0.321. The lowest BCUT2D eigenvalue weighted by molar-refractivity contribution is -0.142. The average Bonchev–Trinajstić information content (AvgIpc) is 2.07. The second kappa shape index (κ2) is 4.23. The van der Waals surface area contributed by atoms with Crippen LogP contribution in [0.1, 0.15) is 18.2 Å². The summed E-state index contributed by atoms with van der Waals surface area (Å²) < 4.78 is 4.76. The lowest BCUT2D eigenvalue weighted by Crippen LogP contribution is -2.00. The number of halogens is 1. The Hall–Kier alpha value is -1.09. The van der Waals surface area contributed by atoms with Gasteiger partial charge in [0.15, 0.2) is 0 Å². The molecule has 1 aromatic rings. The Morgan fingerprint density at radius 1 is 1.69 bits per heavy atom. The Bertz CT molecular complexity index is 325. The number of hydrogen-bond donors (Lipinski definition) is 0. The molecule has 0 unspecified atom stereocenters. The van der Waals surface area contributed by atoms with Crippen LogP contribution < -0.4 is 0 Å². The van der Waals surface area contributed by atoms with Crippen LogP contribution in [0.2, 0.25) is 5.02 Å². The van der Waals surface area contributed by atoms with Gasteiger partial charge in [-0.2, -0.15) is 0 Å². The molecule has 1 rings (SSSR count). The molecule has 0 saturated heterocycles. The second-order valence-corrected chi connectivity index (χ2v) is 3.11. The fraction of sp³-hybridized carbons (Fsp3) is 0.333. The van der Waals surface area contributed by atoms with Gasteiger partial charge in [0.25, 0.3) is 0 Å². The molecule has 4 heteroatoms. The fourth-order valence-corrected chi connectivity index (χ4v) is 0.968. The topological polar surface area (TPSA) is 39.2 Å². The van der Waals surface area contributed by atoms with Gasteiger partial charge in [0, 0.05) is 18.1 Å². The van der Waals surface area contributed by atoms with Crippen LogP contribution in [0.3, 0.4) is 0 Å². The summed E-state index contributed by atoms with van der Waals surface area (Å²) in [6.07, 6.45) is 1.65. The molecule has 0 N–H and O–H groups in total. The van der Waals surface area contributed by atoms with Crippen molar-refractivity contribution in [2.45, 2.75) is 20.5 Å². The first-order chi connectivity index (χ1) is 6.09. The summed E-state index contributed by atoms with van der Waals surface area (Å²) in [5.41, 5.74) is 1.57. The van der Waals surface area contributed by atoms with E-state index in [1.807, 2.05) is 6.92 Å². The van der Waals surface area contributed by atoms with Gasteiger partial charge in [-0.25, -0.2) is 0 Å². The standard InChI is InChI=1S/C9H10ClNO2/c1-6-4-11-8(3-9(6)10)5-13-7(2)12/h3-4H,5H2,1-2H3. The fourth-order valence-electron chi connectivity index (χ4n) is 0.793. The van der Waals surface area contributed by atoms with Gasteiger partial charge in [0.1, 0.15) is 6.61 Å². The van der Waals surface area contributed by atoms with Crippen molar-refractivity contribution in [3.63, 3.8) is 0 Å². The molecule has 0 aliphatic rings. The molecule has 0 spiro atoms. The number of ether oxygens (including phenoxy) is 1. The molecule has 0 atom stereocenters. The Labute approximate surface area is 81.7 Å². The molecule has 0 saturated carbocycles. The van der Waals surface area contributed by atoms with Crippen molar-refractivity contribution in [2.24, 2.45) is 0 Å². The summed E-state index contributed by atoms with van der Waals surface area (Å²) in [6, 6.07) is 1.69. The molecular formula is C9H10ClNO2. The monoisotopic (exact) mass is 199 g/mol. The van der Waals surface area contributed by atoms with Gasteiger partial charge in [-0.15, -0.1) is 0 Å². The van der Waals surface area contributed by atoms with E-state index in [-0.39, 0.29) is 12.6 Å². The summed E-state index contributed by atoms with van der Waals surface area (Å²) in [6.45, 7) is 3.40. The van der Waals surface area contributed by atoms with E-state index in [2.05, 4.69) is 4.98 Å². The van der Waals surface area contributed by atoms with E-state index in [1.165, 1.54) is 6.92 Å². The van der Waals surface area contributed by atoms with Crippen LogP contribution in [0.4, 0.5) is 0 Å². The van der Waals surface area contributed by atoms with Gasteiger partial charge in [-0.1, -0.05) is 11.6 Å². The summed E-state index contributed by atoms with van der Waals surface area (Å²) in [5, 5.41) is 0.636. The highest BCUT2D eigenvalue weighted by molar-refractivity contribution is 6.31. The number of esters is 1. The molecule has 1 heterocycles. The smallest absolute Gasteiger partial charge is 0.303 e. The number of rotatable bonds is 2. The average molecular weight is 200 g/mol. The first-order valence-electron chi connectivity index (χ1n) is 3.84. The van der Waals surface area contributed by atoms with Crippen LogP contribution in [0.25, 0.3) is 0 Å². The highest BCUT2D eigenvalue weighted by Gasteiger charge is 2.00. The molecule has 70 valence electrons. The maximum absolute atomic E-state index is 10.5. The lowest BCUT2D eigenvalue weighted by atomic mass is 10.3. The van der Waals surface area contributed by atoms with Crippen LogP contribution in [0.15, 0.2) is 12.3 Å². The summed E-state index contributed by atoms with van der Waals surface area (Å²) in [4.78, 5) is 14.5.